The Balaban J connectivity index is 1.35. The molecule has 2 aromatic heterocycles. The Morgan fingerprint density at radius 3 is 2.56 bits per heavy atom. The molecule has 168 valence electrons. The van der Waals surface area contributed by atoms with Crippen molar-refractivity contribution in [3.63, 3.8) is 0 Å². The summed E-state index contributed by atoms with van der Waals surface area (Å²) in [5, 5.41) is 4.03. The smallest absolute Gasteiger partial charge is 0.344 e. The van der Waals surface area contributed by atoms with Gasteiger partial charge in [-0.15, -0.1) is 0 Å². The number of rotatable bonds is 5. The van der Waals surface area contributed by atoms with Crippen molar-refractivity contribution < 1.29 is 18.7 Å². The maximum Gasteiger partial charge on any atom is 0.344 e. The fourth-order valence-corrected chi connectivity index (χ4v) is 4.45. The lowest BCUT2D eigenvalue weighted by atomic mass is 10.0. The zero-order chi connectivity index (χ0) is 23.7. The van der Waals surface area contributed by atoms with Crippen LogP contribution in [0.3, 0.4) is 0 Å². The first kappa shape index (κ1) is 21.5. The van der Waals surface area contributed by atoms with Crippen LogP contribution in [0.5, 0.6) is 0 Å². The van der Waals surface area contributed by atoms with E-state index in [-0.39, 0.29) is 5.91 Å². The number of carbonyl (C=O) groups is 2. The molecule has 0 atom stereocenters. The van der Waals surface area contributed by atoms with Gasteiger partial charge < -0.3 is 9.15 Å². The van der Waals surface area contributed by atoms with Crippen molar-refractivity contribution in [2.75, 3.05) is 11.9 Å². The minimum absolute atomic E-state index is 0.297. The maximum atomic E-state index is 12.7. The molecule has 0 aliphatic heterocycles. The lowest BCUT2D eigenvalue weighted by molar-refractivity contribution is 0.0526. The molecule has 0 saturated carbocycles. The third-order valence-electron chi connectivity index (χ3n) is 5.22. The minimum atomic E-state index is -0.437. The lowest BCUT2D eigenvalue weighted by Crippen LogP contribution is -2.11. The second kappa shape index (κ2) is 8.92. The number of carbonyl (C=O) groups excluding carboxylic acids is 2. The van der Waals surface area contributed by atoms with E-state index in [4.69, 9.17) is 9.15 Å². The van der Waals surface area contributed by atoms with Gasteiger partial charge in [0.05, 0.1) is 28.0 Å². The van der Waals surface area contributed by atoms with E-state index >= 15 is 0 Å². The fourth-order valence-electron chi connectivity index (χ4n) is 3.55. The molecular weight excluding hydrogens is 452 g/mol. The maximum absolute atomic E-state index is 12.7. The molecule has 0 saturated heterocycles. The van der Waals surface area contributed by atoms with E-state index in [9.17, 15) is 14.4 Å². The number of thiazole rings is 1. The number of esters is 1. The molecule has 3 aromatic carbocycles. The highest BCUT2D eigenvalue weighted by Gasteiger charge is 2.14. The number of amides is 1. The van der Waals surface area contributed by atoms with Gasteiger partial charge in [0.25, 0.3) is 5.91 Å². The monoisotopic (exact) mass is 470 g/mol. The van der Waals surface area contributed by atoms with Crippen LogP contribution in [0, 0.1) is 0 Å². The summed E-state index contributed by atoms with van der Waals surface area (Å²) in [5.41, 5.74) is 2.69. The van der Waals surface area contributed by atoms with Crippen molar-refractivity contribution >= 4 is 49.5 Å². The molecule has 7 nitrogen and oxygen atoms in total. The molecule has 2 heterocycles. The lowest BCUT2D eigenvalue weighted by Gasteiger charge is -2.05. The number of anilines is 1. The number of hydrogen-bond acceptors (Lipinski definition) is 7. The molecule has 5 aromatic rings. The van der Waals surface area contributed by atoms with Crippen LogP contribution >= 0.6 is 11.3 Å². The Labute approximate surface area is 197 Å². The van der Waals surface area contributed by atoms with E-state index in [1.165, 1.54) is 11.3 Å². The van der Waals surface area contributed by atoms with Crippen LogP contribution in [0.4, 0.5) is 5.13 Å². The quantitative estimate of drug-likeness (QED) is 0.269. The number of fused-ring (bicyclic) bond motifs is 2. The highest BCUT2D eigenvalue weighted by atomic mass is 32.1. The molecule has 0 fully saturated rings. The normalized spacial score (nSPS) is 11.0. The number of nitrogens with zero attached hydrogens (tertiary/aromatic N) is 1. The molecule has 0 aliphatic carbocycles. The third kappa shape index (κ3) is 4.18. The molecule has 34 heavy (non-hydrogen) atoms. The van der Waals surface area contributed by atoms with E-state index in [0.717, 1.165) is 10.1 Å². The Bertz CT molecular complexity index is 1600. The third-order valence-corrected chi connectivity index (χ3v) is 6.15. The molecule has 1 amide bonds. The van der Waals surface area contributed by atoms with Gasteiger partial charge in [0.15, 0.2) is 5.13 Å². The minimum Gasteiger partial charge on any atom is -0.462 e. The van der Waals surface area contributed by atoms with Gasteiger partial charge in [0.1, 0.15) is 5.58 Å². The van der Waals surface area contributed by atoms with Gasteiger partial charge in [-0.1, -0.05) is 41.7 Å². The van der Waals surface area contributed by atoms with Crippen molar-refractivity contribution in [1.82, 2.24) is 4.98 Å². The van der Waals surface area contributed by atoms with Crippen LogP contribution in [0.15, 0.2) is 82.0 Å². The number of aromatic nitrogens is 1. The van der Waals surface area contributed by atoms with E-state index in [2.05, 4.69) is 10.3 Å². The largest absolute Gasteiger partial charge is 0.462 e. The van der Waals surface area contributed by atoms with Crippen molar-refractivity contribution in [3.05, 3.63) is 94.3 Å². The highest BCUT2D eigenvalue weighted by Crippen LogP contribution is 2.28. The van der Waals surface area contributed by atoms with Gasteiger partial charge in [-0.05, 0) is 55.0 Å². The van der Waals surface area contributed by atoms with Crippen molar-refractivity contribution in [2.24, 2.45) is 0 Å². The molecule has 0 aliphatic rings. The Hall–Kier alpha value is -4.30. The molecule has 0 bridgehead atoms. The van der Waals surface area contributed by atoms with Gasteiger partial charge in [-0.2, -0.15) is 0 Å². The molecular formula is C26H18N2O5S. The number of para-hydroxylation sites is 1. The molecule has 8 heteroatoms. The number of nitrogens with one attached hydrogen (secondary N) is 1. The van der Waals surface area contributed by atoms with E-state index in [1.54, 1.807) is 61.5 Å². The van der Waals surface area contributed by atoms with E-state index in [0.29, 0.717) is 45.1 Å². The number of ether oxygens (including phenoxy) is 1. The van der Waals surface area contributed by atoms with Gasteiger partial charge in [-0.3, -0.25) is 10.1 Å². The summed E-state index contributed by atoms with van der Waals surface area (Å²) < 4.78 is 11.2. The average molecular weight is 471 g/mol. The standard InChI is InChI=1S/C26H18N2O5S/c1-2-32-24(30)18-11-12-20-22(14-18)34-26(27-20)28-23(29)16-9-7-15(8-10-16)19-13-17-5-3-4-6-21(17)33-25(19)31/h3-14H,2H2,1H3,(H,27,28,29). The Kier molecular flexibility index (Phi) is 5.65. The summed E-state index contributed by atoms with van der Waals surface area (Å²) in [6, 6.07) is 20.8. The second-order valence-corrected chi connectivity index (χ2v) is 8.47. The van der Waals surface area contributed by atoms with Gasteiger partial charge in [0, 0.05) is 10.9 Å². The first-order chi connectivity index (χ1) is 16.5. The summed E-state index contributed by atoms with van der Waals surface area (Å²) in [7, 11) is 0. The SMILES string of the molecule is CCOC(=O)c1ccc2nc(NC(=O)c3ccc(-c4cc5ccccc5oc4=O)cc3)sc2c1. The van der Waals surface area contributed by atoms with Crippen molar-refractivity contribution in [1.29, 1.82) is 0 Å². The van der Waals surface area contributed by atoms with Gasteiger partial charge in [0.2, 0.25) is 0 Å². The predicted molar refractivity (Wildman–Crippen MR) is 131 cm³/mol. The van der Waals surface area contributed by atoms with Crippen LogP contribution in [-0.2, 0) is 4.74 Å². The van der Waals surface area contributed by atoms with Crippen LogP contribution in [-0.4, -0.2) is 23.5 Å². The van der Waals surface area contributed by atoms with E-state index in [1.807, 2.05) is 18.2 Å². The van der Waals surface area contributed by atoms with Gasteiger partial charge in [-0.25, -0.2) is 14.6 Å². The Morgan fingerprint density at radius 1 is 1.00 bits per heavy atom. The zero-order valence-corrected chi connectivity index (χ0v) is 18.8. The average Bonchev–Trinajstić information content (AvgIpc) is 3.25. The van der Waals surface area contributed by atoms with Crippen LogP contribution in [0.25, 0.3) is 32.3 Å². The van der Waals surface area contributed by atoms with Crippen LogP contribution in [0.1, 0.15) is 27.6 Å². The molecule has 0 spiro atoms. The topological polar surface area (TPSA) is 98.5 Å². The fraction of sp³-hybridized carbons (Fsp3) is 0.0769. The summed E-state index contributed by atoms with van der Waals surface area (Å²) in [6.07, 6.45) is 0. The van der Waals surface area contributed by atoms with Crippen LogP contribution in [0.2, 0.25) is 0 Å². The number of benzene rings is 3. The summed E-state index contributed by atoms with van der Waals surface area (Å²) >= 11 is 1.27. The Morgan fingerprint density at radius 2 is 1.76 bits per heavy atom. The summed E-state index contributed by atoms with van der Waals surface area (Å²) in [4.78, 5) is 41.5. The molecule has 0 radical (unpaired) electrons. The highest BCUT2D eigenvalue weighted by molar-refractivity contribution is 7.22. The summed E-state index contributed by atoms with van der Waals surface area (Å²) in [6.45, 7) is 2.05. The van der Waals surface area contributed by atoms with E-state index < -0.39 is 11.6 Å². The first-order valence-electron chi connectivity index (χ1n) is 10.5. The van der Waals surface area contributed by atoms with Crippen molar-refractivity contribution in [3.8, 4) is 11.1 Å². The first-order valence-corrected chi connectivity index (χ1v) is 11.4. The zero-order valence-electron chi connectivity index (χ0n) is 18.0. The van der Waals surface area contributed by atoms with Crippen LogP contribution < -0.4 is 10.9 Å². The molecule has 0 unspecified atom stereocenters. The second-order valence-electron chi connectivity index (χ2n) is 7.44. The predicted octanol–water partition coefficient (Wildman–Crippen LogP) is 5.50. The number of hydrogen-bond donors (Lipinski definition) is 1. The van der Waals surface area contributed by atoms with Gasteiger partial charge >= 0.3 is 11.6 Å². The van der Waals surface area contributed by atoms with Crippen molar-refractivity contribution in [2.45, 2.75) is 6.92 Å². The molecule has 5 rings (SSSR count). The summed E-state index contributed by atoms with van der Waals surface area (Å²) in [5.74, 6) is -0.731. The molecule has 1 N–H and O–H groups in total.